The molecule has 21 heavy (non-hydrogen) atoms. The third-order valence-corrected chi connectivity index (χ3v) is 6.20. The molecule has 2 rings (SSSR count). The summed E-state index contributed by atoms with van der Waals surface area (Å²) < 4.78 is 57.6. The molecule has 0 saturated carbocycles. The van der Waals surface area contributed by atoms with Crippen LogP contribution >= 0.6 is 0 Å². The molecule has 0 spiro atoms. The van der Waals surface area contributed by atoms with Crippen LogP contribution in [0, 0.1) is 11.6 Å². The van der Waals surface area contributed by atoms with Crippen LogP contribution in [0.4, 0.5) is 8.78 Å². The van der Waals surface area contributed by atoms with Gasteiger partial charge in [0.05, 0.1) is 24.2 Å². The number of ether oxygens (including phenoxy) is 1. The molecule has 2 unspecified atom stereocenters. The Morgan fingerprint density at radius 2 is 1.90 bits per heavy atom. The van der Waals surface area contributed by atoms with E-state index in [9.17, 15) is 17.2 Å². The predicted molar refractivity (Wildman–Crippen MR) is 76.1 cm³/mol. The van der Waals surface area contributed by atoms with Crippen molar-refractivity contribution >= 4 is 9.84 Å². The Kier molecular flexibility index (Phi) is 4.83. The molecule has 1 fully saturated rings. The Balaban J connectivity index is 2.47. The van der Waals surface area contributed by atoms with E-state index < -0.39 is 32.8 Å². The van der Waals surface area contributed by atoms with E-state index >= 15 is 0 Å². The molecule has 4 nitrogen and oxygen atoms in total. The molecule has 118 valence electrons. The van der Waals surface area contributed by atoms with E-state index in [1.54, 1.807) is 0 Å². The average Bonchev–Trinajstić information content (AvgIpc) is 2.43. The summed E-state index contributed by atoms with van der Waals surface area (Å²) in [6, 6.07) is 1.23. The standard InChI is InChI=1S/C14H19F2NO3S/c1-17-14(12-5-3-4-6-21(12,18)19)13-10(15)7-9(20-2)8-11(13)16/h7-8,12,14,17H,3-6H2,1-2H3. The number of hydrogen-bond donors (Lipinski definition) is 1. The quantitative estimate of drug-likeness (QED) is 0.924. The molecule has 1 heterocycles. The van der Waals surface area contributed by atoms with Crippen LogP contribution in [0.1, 0.15) is 30.9 Å². The van der Waals surface area contributed by atoms with Crippen LogP contribution < -0.4 is 10.1 Å². The lowest BCUT2D eigenvalue weighted by atomic mass is 9.98. The summed E-state index contributed by atoms with van der Waals surface area (Å²) in [6.07, 6.45) is 1.74. The van der Waals surface area contributed by atoms with E-state index in [1.165, 1.54) is 14.2 Å². The second-order valence-corrected chi connectivity index (χ2v) is 7.51. The normalized spacial score (nSPS) is 22.8. The zero-order valence-corrected chi connectivity index (χ0v) is 12.8. The number of benzene rings is 1. The number of nitrogens with one attached hydrogen (secondary N) is 1. The Labute approximate surface area is 123 Å². The SMILES string of the molecule is CNC(c1c(F)cc(OC)cc1F)C1CCCCS1(=O)=O. The Morgan fingerprint density at radius 1 is 1.29 bits per heavy atom. The zero-order valence-electron chi connectivity index (χ0n) is 12.0. The Hall–Kier alpha value is -1.21. The third kappa shape index (κ3) is 3.18. The van der Waals surface area contributed by atoms with E-state index in [0.717, 1.165) is 18.6 Å². The molecule has 2 atom stereocenters. The number of halogens is 2. The fourth-order valence-electron chi connectivity index (χ4n) is 2.85. The highest BCUT2D eigenvalue weighted by Gasteiger charge is 2.38. The van der Waals surface area contributed by atoms with Crippen molar-refractivity contribution in [3.05, 3.63) is 29.3 Å². The van der Waals surface area contributed by atoms with Gasteiger partial charge in [-0.05, 0) is 19.9 Å². The van der Waals surface area contributed by atoms with Crippen molar-refractivity contribution in [3.63, 3.8) is 0 Å². The maximum atomic E-state index is 14.2. The molecule has 0 amide bonds. The molecule has 7 heteroatoms. The molecule has 1 aromatic rings. The summed E-state index contributed by atoms with van der Waals surface area (Å²) in [4.78, 5) is 0. The van der Waals surface area contributed by atoms with Crippen molar-refractivity contribution in [2.45, 2.75) is 30.6 Å². The van der Waals surface area contributed by atoms with Gasteiger partial charge in [0.15, 0.2) is 9.84 Å². The van der Waals surface area contributed by atoms with E-state index in [-0.39, 0.29) is 17.1 Å². The maximum Gasteiger partial charge on any atom is 0.155 e. The molecular formula is C14H19F2NO3S. The molecule has 1 N–H and O–H groups in total. The molecule has 0 aliphatic carbocycles. The molecular weight excluding hydrogens is 300 g/mol. The maximum absolute atomic E-state index is 14.2. The van der Waals surface area contributed by atoms with E-state index in [1.807, 2.05) is 0 Å². The predicted octanol–water partition coefficient (Wildman–Crippen LogP) is 2.20. The Morgan fingerprint density at radius 3 is 2.38 bits per heavy atom. The van der Waals surface area contributed by atoms with Gasteiger partial charge in [-0.1, -0.05) is 6.42 Å². The smallest absolute Gasteiger partial charge is 0.155 e. The van der Waals surface area contributed by atoms with Crippen molar-refractivity contribution in [1.82, 2.24) is 5.32 Å². The lowest BCUT2D eigenvalue weighted by molar-refractivity contribution is 0.397. The van der Waals surface area contributed by atoms with Gasteiger partial charge in [0.25, 0.3) is 0 Å². The van der Waals surface area contributed by atoms with Gasteiger partial charge in [-0.25, -0.2) is 17.2 Å². The zero-order chi connectivity index (χ0) is 15.6. The minimum atomic E-state index is -3.36. The first kappa shape index (κ1) is 16.2. The lowest BCUT2D eigenvalue weighted by Crippen LogP contribution is -2.40. The first-order chi connectivity index (χ1) is 9.90. The summed E-state index contributed by atoms with van der Waals surface area (Å²) in [6.45, 7) is 0. The van der Waals surface area contributed by atoms with Crippen LogP contribution in [-0.4, -0.2) is 33.6 Å². The highest BCUT2D eigenvalue weighted by atomic mass is 32.2. The highest BCUT2D eigenvalue weighted by Crippen LogP contribution is 2.34. The lowest BCUT2D eigenvalue weighted by Gasteiger charge is -2.30. The molecule has 1 aliphatic rings. The van der Waals surface area contributed by atoms with Gasteiger partial charge >= 0.3 is 0 Å². The summed E-state index contributed by atoms with van der Waals surface area (Å²) in [5.41, 5.74) is -0.242. The fraction of sp³-hybridized carbons (Fsp3) is 0.571. The van der Waals surface area contributed by atoms with Crippen molar-refractivity contribution in [1.29, 1.82) is 0 Å². The van der Waals surface area contributed by atoms with Gasteiger partial charge in [0.1, 0.15) is 17.4 Å². The van der Waals surface area contributed by atoms with E-state index in [0.29, 0.717) is 12.8 Å². The Bertz CT molecular complexity index is 596. The highest BCUT2D eigenvalue weighted by molar-refractivity contribution is 7.92. The number of methoxy groups -OCH3 is 1. The van der Waals surface area contributed by atoms with Crippen LogP contribution in [-0.2, 0) is 9.84 Å². The third-order valence-electron chi connectivity index (χ3n) is 3.91. The topological polar surface area (TPSA) is 55.4 Å². The van der Waals surface area contributed by atoms with Crippen LogP contribution in [0.5, 0.6) is 5.75 Å². The molecule has 1 aromatic carbocycles. The first-order valence-electron chi connectivity index (χ1n) is 6.82. The van der Waals surface area contributed by atoms with Gasteiger partial charge < -0.3 is 10.1 Å². The summed E-state index contributed by atoms with van der Waals surface area (Å²) >= 11 is 0. The van der Waals surface area contributed by atoms with Crippen molar-refractivity contribution in [2.24, 2.45) is 0 Å². The van der Waals surface area contributed by atoms with Crippen molar-refractivity contribution < 1.29 is 21.9 Å². The van der Waals surface area contributed by atoms with Gasteiger partial charge in [0.2, 0.25) is 0 Å². The molecule has 0 aromatic heterocycles. The van der Waals surface area contributed by atoms with Crippen LogP contribution in [0.25, 0.3) is 0 Å². The number of rotatable bonds is 4. The van der Waals surface area contributed by atoms with E-state index in [4.69, 9.17) is 4.74 Å². The minimum Gasteiger partial charge on any atom is -0.497 e. The van der Waals surface area contributed by atoms with Gasteiger partial charge in [-0.15, -0.1) is 0 Å². The molecule has 1 aliphatic heterocycles. The summed E-state index contributed by atoms with van der Waals surface area (Å²) in [5, 5.41) is 1.95. The van der Waals surface area contributed by atoms with E-state index in [2.05, 4.69) is 5.32 Å². The molecule has 1 saturated heterocycles. The number of hydrogen-bond acceptors (Lipinski definition) is 4. The number of sulfone groups is 1. The van der Waals surface area contributed by atoms with Crippen molar-refractivity contribution in [2.75, 3.05) is 19.9 Å². The average molecular weight is 319 g/mol. The van der Waals surface area contributed by atoms with Crippen LogP contribution in [0.15, 0.2) is 12.1 Å². The van der Waals surface area contributed by atoms with Gasteiger partial charge in [0, 0.05) is 17.7 Å². The second kappa shape index (κ2) is 6.27. The summed E-state index contributed by atoms with van der Waals surface area (Å²) in [7, 11) is -0.533. The van der Waals surface area contributed by atoms with Crippen LogP contribution in [0.3, 0.4) is 0 Å². The first-order valence-corrected chi connectivity index (χ1v) is 8.54. The fourth-order valence-corrected chi connectivity index (χ4v) is 4.97. The molecule has 0 radical (unpaired) electrons. The largest absolute Gasteiger partial charge is 0.497 e. The van der Waals surface area contributed by atoms with Gasteiger partial charge in [-0.2, -0.15) is 0 Å². The summed E-state index contributed by atoms with van der Waals surface area (Å²) in [5.74, 6) is -1.47. The minimum absolute atomic E-state index is 0.0647. The molecule has 0 bridgehead atoms. The van der Waals surface area contributed by atoms with Crippen LogP contribution in [0.2, 0.25) is 0 Å². The van der Waals surface area contributed by atoms with Crippen molar-refractivity contribution in [3.8, 4) is 5.75 Å². The monoisotopic (exact) mass is 319 g/mol. The van der Waals surface area contributed by atoms with Gasteiger partial charge in [-0.3, -0.25) is 0 Å². The second-order valence-electron chi connectivity index (χ2n) is 5.17.